The highest BCUT2D eigenvalue weighted by Crippen LogP contribution is 2.39. The number of rotatable bonds is 7. The van der Waals surface area contributed by atoms with Crippen LogP contribution in [0.5, 0.6) is 5.88 Å². The summed E-state index contributed by atoms with van der Waals surface area (Å²) in [6.45, 7) is 0.871. The number of azo groups is 1. The number of carbonyl (C=O) groups excluding carboxylic acids is 1. The smallest absolute Gasteiger partial charge is 0.295 e. The van der Waals surface area contributed by atoms with Gasteiger partial charge in [-0.2, -0.15) is 4.80 Å². The Morgan fingerprint density at radius 1 is 0.769 bits per heavy atom. The topological polar surface area (TPSA) is 111 Å². The molecule has 0 aliphatic rings. The SMILES string of the molecule is O=C(N=Nc1c(O)n(Cc2ccccc2)c2ccccc12)c1ccc(Cn2nnc(-c3ccccc3)n2)cc1. The van der Waals surface area contributed by atoms with E-state index >= 15 is 0 Å². The van der Waals surface area contributed by atoms with Crippen LogP contribution in [0.3, 0.4) is 0 Å². The van der Waals surface area contributed by atoms with Crippen molar-refractivity contribution >= 4 is 22.5 Å². The summed E-state index contributed by atoms with van der Waals surface area (Å²) in [6.07, 6.45) is 0. The number of carbonyl (C=O) groups is 1. The van der Waals surface area contributed by atoms with Gasteiger partial charge in [0, 0.05) is 16.5 Å². The van der Waals surface area contributed by atoms with Crippen molar-refractivity contribution in [3.05, 3.63) is 126 Å². The Balaban J connectivity index is 1.18. The zero-order chi connectivity index (χ0) is 26.6. The third-order valence-electron chi connectivity index (χ3n) is 6.35. The molecule has 9 heteroatoms. The molecule has 2 aromatic heterocycles. The predicted molar refractivity (Wildman–Crippen MR) is 147 cm³/mol. The van der Waals surface area contributed by atoms with Gasteiger partial charge in [0.25, 0.3) is 5.91 Å². The second-order valence-corrected chi connectivity index (χ2v) is 8.97. The van der Waals surface area contributed by atoms with E-state index in [1.165, 1.54) is 4.80 Å². The summed E-state index contributed by atoms with van der Waals surface area (Å²) in [6, 6.07) is 34.0. The summed E-state index contributed by atoms with van der Waals surface area (Å²) in [7, 11) is 0. The van der Waals surface area contributed by atoms with Crippen molar-refractivity contribution < 1.29 is 9.90 Å². The first kappa shape index (κ1) is 23.9. The lowest BCUT2D eigenvalue weighted by molar-refractivity contribution is 0.0995. The van der Waals surface area contributed by atoms with E-state index in [9.17, 15) is 9.90 Å². The fraction of sp³-hybridized carbons (Fsp3) is 0.0667. The maximum absolute atomic E-state index is 12.8. The summed E-state index contributed by atoms with van der Waals surface area (Å²) in [4.78, 5) is 14.3. The van der Waals surface area contributed by atoms with Crippen molar-refractivity contribution in [2.75, 3.05) is 0 Å². The van der Waals surface area contributed by atoms with Crippen LogP contribution in [0, 0.1) is 0 Å². The molecule has 6 aromatic rings. The third kappa shape index (κ3) is 5.05. The highest BCUT2D eigenvalue weighted by atomic mass is 16.3. The fourth-order valence-electron chi connectivity index (χ4n) is 4.38. The van der Waals surface area contributed by atoms with E-state index in [0.29, 0.717) is 29.9 Å². The number of benzene rings is 4. The van der Waals surface area contributed by atoms with Gasteiger partial charge >= 0.3 is 0 Å². The molecule has 0 aliphatic heterocycles. The molecular formula is C30H23N7O2. The van der Waals surface area contributed by atoms with E-state index in [1.54, 1.807) is 16.7 Å². The largest absolute Gasteiger partial charge is 0.493 e. The molecule has 190 valence electrons. The summed E-state index contributed by atoms with van der Waals surface area (Å²) in [5, 5.41) is 32.4. The Labute approximate surface area is 223 Å². The lowest BCUT2D eigenvalue weighted by Gasteiger charge is -2.06. The van der Waals surface area contributed by atoms with Crippen LogP contribution in [0.2, 0.25) is 0 Å². The van der Waals surface area contributed by atoms with Crippen LogP contribution in [-0.2, 0) is 13.1 Å². The van der Waals surface area contributed by atoms with Crippen LogP contribution in [0.1, 0.15) is 21.5 Å². The summed E-state index contributed by atoms with van der Waals surface area (Å²) in [5.74, 6) is 0.00410. The number of amides is 1. The average Bonchev–Trinajstić information content (AvgIpc) is 3.55. The standard InChI is InChI=1S/C30H23N7O2/c38-29(24-17-15-22(16-18-24)20-37-34-28(32-35-37)23-11-5-2-6-12-23)33-31-27-25-13-7-8-14-26(25)36(30(27)39)19-21-9-3-1-4-10-21/h1-18,39H,19-20H2. The Kier molecular flexibility index (Phi) is 6.45. The van der Waals surface area contributed by atoms with E-state index < -0.39 is 5.91 Å². The van der Waals surface area contributed by atoms with Gasteiger partial charge in [-0.3, -0.25) is 4.79 Å². The monoisotopic (exact) mass is 513 g/mol. The number of nitrogens with zero attached hydrogens (tertiary/aromatic N) is 7. The van der Waals surface area contributed by atoms with Crippen LogP contribution >= 0.6 is 0 Å². The van der Waals surface area contributed by atoms with Gasteiger partial charge in [0.15, 0.2) is 5.69 Å². The number of aromatic hydroxyl groups is 1. The van der Waals surface area contributed by atoms with Crippen molar-refractivity contribution in [1.82, 2.24) is 24.8 Å². The van der Waals surface area contributed by atoms with Crippen LogP contribution in [0.4, 0.5) is 5.69 Å². The third-order valence-corrected chi connectivity index (χ3v) is 6.35. The summed E-state index contributed by atoms with van der Waals surface area (Å²) >= 11 is 0. The molecular weight excluding hydrogens is 490 g/mol. The second-order valence-electron chi connectivity index (χ2n) is 8.97. The highest BCUT2D eigenvalue weighted by Gasteiger charge is 2.17. The minimum absolute atomic E-state index is 0.0397. The van der Waals surface area contributed by atoms with E-state index in [4.69, 9.17) is 0 Å². The lowest BCUT2D eigenvalue weighted by Crippen LogP contribution is -2.04. The Bertz CT molecular complexity index is 1770. The summed E-state index contributed by atoms with van der Waals surface area (Å²) in [5.41, 5.74) is 4.28. The van der Waals surface area contributed by atoms with E-state index in [2.05, 4.69) is 25.6 Å². The average molecular weight is 514 g/mol. The molecule has 0 unspecified atom stereocenters. The normalized spacial score (nSPS) is 11.4. The molecule has 0 atom stereocenters. The van der Waals surface area contributed by atoms with Crippen molar-refractivity contribution in [2.45, 2.75) is 13.1 Å². The minimum atomic E-state index is -0.508. The van der Waals surface area contributed by atoms with E-state index in [-0.39, 0.29) is 11.6 Å². The Morgan fingerprint density at radius 2 is 1.44 bits per heavy atom. The molecule has 2 heterocycles. The molecule has 0 radical (unpaired) electrons. The first-order chi connectivity index (χ1) is 19.2. The first-order valence-corrected chi connectivity index (χ1v) is 12.4. The number of aromatic nitrogens is 5. The van der Waals surface area contributed by atoms with Crippen LogP contribution in [0.25, 0.3) is 22.3 Å². The van der Waals surface area contributed by atoms with Crippen LogP contribution < -0.4 is 0 Å². The number of tetrazole rings is 1. The number of fused-ring (bicyclic) bond motifs is 1. The number of para-hydroxylation sites is 1. The molecule has 9 nitrogen and oxygen atoms in total. The maximum Gasteiger partial charge on any atom is 0.295 e. The zero-order valence-electron chi connectivity index (χ0n) is 20.8. The van der Waals surface area contributed by atoms with Crippen molar-refractivity contribution in [3.8, 4) is 17.3 Å². The van der Waals surface area contributed by atoms with E-state index in [1.807, 2.05) is 97.1 Å². The number of hydrogen-bond donors (Lipinski definition) is 1. The molecule has 6 rings (SSSR count). The van der Waals surface area contributed by atoms with Gasteiger partial charge in [-0.15, -0.1) is 20.4 Å². The van der Waals surface area contributed by atoms with Gasteiger partial charge in [-0.25, -0.2) is 0 Å². The van der Waals surface area contributed by atoms with Gasteiger partial charge in [0.05, 0.1) is 18.6 Å². The molecule has 1 amide bonds. The molecule has 1 N–H and O–H groups in total. The maximum atomic E-state index is 12.8. The van der Waals surface area contributed by atoms with Gasteiger partial charge in [-0.1, -0.05) is 91.0 Å². The molecule has 39 heavy (non-hydrogen) atoms. The zero-order valence-corrected chi connectivity index (χ0v) is 20.8. The Morgan fingerprint density at radius 3 is 2.21 bits per heavy atom. The van der Waals surface area contributed by atoms with Crippen LogP contribution in [-0.4, -0.2) is 35.8 Å². The highest BCUT2D eigenvalue weighted by molar-refractivity contribution is 5.97. The first-order valence-electron chi connectivity index (χ1n) is 12.4. The van der Waals surface area contributed by atoms with Crippen LogP contribution in [0.15, 0.2) is 119 Å². The van der Waals surface area contributed by atoms with Gasteiger partial charge in [-0.05, 0) is 34.5 Å². The number of hydrogen-bond acceptors (Lipinski definition) is 6. The second kappa shape index (κ2) is 10.5. The molecule has 0 fully saturated rings. The molecule has 0 saturated heterocycles. The molecule has 0 bridgehead atoms. The fourth-order valence-corrected chi connectivity index (χ4v) is 4.38. The quantitative estimate of drug-likeness (QED) is 0.262. The molecule has 0 spiro atoms. The van der Waals surface area contributed by atoms with Crippen molar-refractivity contribution in [2.24, 2.45) is 10.2 Å². The van der Waals surface area contributed by atoms with Gasteiger partial charge in [0.2, 0.25) is 11.7 Å². The minimum Gasteiger partial charge on any atom is -0.493 e. The summed E-state index contributed by atoms with van der Waals surface area (Å²) < 4.78 is 1.76. The molecule has 0 aliphatic carbocycles. The van der Waals surface area contributed by atoms with Gasteiger partial charge in [0.1, 0.15) is 0 Å². The van der Waals surface area contributed by atoms with Crippen molar-refractivity contribution in [1.29, 1.82) is 0 Å². The molecule has 4 aromatic carbocycles. The Hall–Kier alpha value is -5.44. The van der Waals surface area contributed by atoms with Crippen molar-refractivity contribution in [3.63, 3.8) is 0 Å². The van der Waals surface area contributed by atoms with E-state index in [0.717, 1.165) is 22.2 Å². The lowest BCUT2D eigenvalue weighted by atomic mass is 10.1. The van der Waals surface area contributed by atoms with Gasteiger partial charge < -0.3 is 9.67 Å². The predicted octanol–water partition coefficient (Wildman–Crippen LogP) is 6.02. The molecule has 0 saturated carbocycles.